The number of ether oxygens (including phenoxy) is 1. The predicted octanol–water partition coefficient (Wildman–Crippen LogP) is 0.720. The third-order valence-electron chi connectivity index (χ3n) is 5.14. The van der Waals surface area contributed by atoms with Crippen molar-refractivity contribution >= 4 is 21.7 Å². The summed E-state index contributed by atoms with van der Waals surface area (Å²) in [5.74, 6) is -0.0977. The summed E-state index contributed by atoms with van der Waals surface area (Å²) in [6.07, 6.45) is 3.28. The van der Waals surface area contributed by atoms with Gasteiger partial charge in [0.05, 0.1) is 17.2 Å². The summed E-state index contributed by atoms with van der Waals surface area (Å²) in [5, 5.41) is 0. The highest BCUT2D eigenvalue weighted by molar-refractivity contribution is 7.91. The third-order valence-corrected chi connectivity index (χ3v) is 6.89. The van der Waals surface area contributed by atoms with E-state index in [-0.39, 0.29) is 23.5 Å². The van der Waals surface area contributed by atoms with Crippen molar-refractivity contribution in [2.75, 3.05) is 24.7 Å². The van der Waals surface area contributed by atoms with E-state index in [2.05, 4.69) is 4.98 Å². The minimum absolute atomic E-state index is 0.0196. The molecule has 9 heteroatoms. The van der Waals surface area contributed by atoms with Gasteiger partial charge in [0, 0.05) is 19.1 Å². The van der Waals surface area contributed by atoms with Gasteiger partial charge in [-0.05, 0) is 39.5 Å². The first-order valence-electron chi connectivity index (χ1n) is 9.05. The van der Waals surface area contributed by atoms with Gasteiger partial charge in [0.2, 0.25) is 0 Å². The average Bonchev–Trinajstić information content (AvgIpc) is 3.14. The van der Waals surface area contributed by atoms with E-state index < -0.39 is 22.4 Å². The molecule has 0 aliphatic carbocycles. The summed E-state index contributed by atoms with van der Waals surface area (Å²) < 4.78 is 30.5. The zero-order valence-electron chi connectivity index (χ0n) is 15.2. The van der Waals surface area contributed by atoms with E-state index >= 15 is 0 Å². The Hall–Kier alpha value is -1.90. The van der Waals surface area contributed by atoms with Crippen molar-refractivity contribution in [2.45, 2.75) is 52.1 Å². The largest absolute Gasteiger partial charge is 0.451 e. The Labute approximate surface area is 153 Å². The SMILES string of the molecule is CCN(C(=O)COC(=O)c1nc(C)n2c1CCCC2)[C@H]1CCS(=O)(=O)C1. The fraction of sp³-hybridized carbons (Fsp3) is 0.706. The Morgan fingerprint density at radius 3 is 2.77 bits per heavy atom. The lowest BCUT2D eigenvalue weighted by Crippen LogP contribution is -2.43. The van der Waals surface area contributed by atoms with Crippen molar-refractivity contribution in [3.05, 3.63) is 17.2 Å². The van der Waals surface area contributed by atoms with Crippen molar-refractivity contribution in [3.8, 4) is 0 Å². The summed E-state index contributed by atoms with van der Waals surface area (Å²) in [6, 6.07) is -0.334. The van der Waals surface area contributed by atoms with E-state index in [0.29, 0.717) is 18.7 Å². The van der Waals surface area contributed by atoms with Crippen LogP contribution in [0.25, 0.3) is 0 Å². The molecule has 1 aromatic rings. The first kappa shape index (κ1) is 18.9. The van der Waals surface area contributed by atoms with Gasteiger partial charge in [-0.15, -0.1) is 0 Å². The number of hydrogen-bond donors (Lipinski definition) is 0. The first-order valence-corrected chi connectivity index (χ1v) is 10.9. The van der Waals surface area contributed by atoms with E-state index in [1.165, 1.54) is 4.90 Å². The molecule has 2 aliphatic rings. The van der Waals surface area contributed by atoms with Crippen LogP contribution in [0.2, 0.25) is 0 Å². The van der Waals surface area contributed by atoms with Gasteiger partial charge in [-0.1, -0.05) is 0 Å². The minimum atomic E-state index is -3.08. The van der Waals surface area contributed by atoms with Crippen LogP contribution in [0.5, 0.6) is 0 Å². The van der Waals surface area contributed by atoms with Gasteiger partial charge in [0.25, 0.3) is 5.91 Å². The summed E-state index contributed by atoms with van der Waals surface area (Å²) in [5.41, 5.74) is 1.17. The fourth-order valence-corrected chi connectivity index (χ4v) is 5.55. The molecule has 1 amide bonds. The minimum Gasteiger partial charge on any atom is -0.451 e. The van der Waals surface area contributed by atoms with Crippen LogP contribution >= 0.6 is 0 Å². The second-order valence-corrected chi connectivity index (χ2v) is 9.10. The highest BCUT2D eigenvalue weighted by Crippen LogP contribution is 2.22. The van der Waals surface area contributed by atoms with E-state index in [9.17, 15) is 18.0 Å². The van der Waals surface area contributed by atoms with E-state index in [1.807, 2.05) is 11.5 Å². The van der Waals surface area contributed by atoms with Gasteiger partial charge < -0.3 is 14.2 Å². The van der Waals surface area contributed by atoms with Crippen molar-refractivity contribution in [1.29, 1.82) is 0 Å². The zero-order valence-corrected chi connectivity index (χ0v) is 16.0. The van der Waals surface area contributed by atoms with Crippen LogP contribution in [0.1, 0.15) is 48.2 Å². The van der Waals surface area contributed by atoms with Crippen LogP contribution in [0.15, 0.2) is 0 Å². The standard InChI is InChI=1S/C17H25N3O5S/c1-3-19(13-7-9-26(23,24)11-13)15(21)10-25-17(22)16-14-6-4-5-8-20(14)12(2)18-16/h13H,3-11H2,1-2H3/t13-/m0/s1. The number of likely N-dealkylation sites (N-methyl/N-ethyl adjacent to an activating group) is 1. The first-order chi connectivity index (χ1) is 12.3. The lowest BCUT2D eigenvalue weighted by atomic mass is 10.1. The molecule has 0 N–H and O–H groups in total. The number of sulfone groups is 1. The molecule has 0 unspecified atom stereocenters. The Kier molecular flexibility index (Phi) is 5.36. The molecule has 0 radical (unpaired) electrons. The average molecular weight is 383 g/mol. The Morgan fingerprint density at radius 2 is 2.12 bits per heavy atom. The molecule has 3 rings (SSSR count). The number of carbonyl (C=O) groups excluding carboxylic acids is 2. The molecule has 0 aromatic carbocycles. The number of rotatable bonds is 5. The Morgan fingerprint density at radius 1 is 1.35 bits per heavy atom. The number of aromatic nitrogens is 2. The van der Waals surface area contributed by atoms with Gasteiger partial charge in [0.15, 0.2) is 22.1 Å². The number of imidazole rings is 1. The smallest absolute Gasteiger partial charge is 0.359 e. The molecule has 0 spiro atoms. The lowest BCUT2D eigenvalue weighted by molar-refractivity contribution is -0.136. The monoisotopic (exact) mass is 383 g/mol. The Balaban J connectivity index is 1.63. The lowest BCUT2D eigenvalue weighted by Gasteiger charge is -2.26. The molecule has 26 heavy (non-hydrogen) atoms. The molecule has 1 atom stereocenters. The number of hydrogen-bond acceptors (Lipinski definition) is 6. The summed E-state index contributed by atoms with van der Waals surface area (Å²) in [7, 11) is -3.08. The number of carbonyl (C=O) groups is 2. The van der Waals surface area contributed by atoms with Gasteiger partial charge in [-0.25, -0.2) is 18.2 Å². The van der Waals surface area contributed by atoms with Crippen molar-refractivity contribution in [1.82, 2.24) is 14.5 Å². The van der Waals surface area contributed by atoms with Gasteiger partial charge in [0.1, 0.15) is 5.82 Å². The highest BCUT2D eigenvalue weighted by Gasteiger charge is 2.34. The van der Waals surface area contributed by atoms with Crippen LogP contribution in [-0.2, 0) is 32.3 Å². The fourth-order valence-electron chi connectivity index (χ4n) is 3.82. The molecule has 1 saturated heterocycles. The van der Waals surface area contributed by atoms with Crippen LogP contribution < -0.4 is 0 Å². The Bertz CT molecular complexity index is 815. The topological polar surface area (TPSA) is 98.6 Å². The van der Waals surface area contributed by atoms with Crippen molar-refractivity contribution < 1.29 is 22.7 Å². The molecular formula is C17H25N3O5S. The van der Waals surface area contributed by atoms with Crippen LogP contribution in [0, 0.1) is 6.92 Å². The van der Waals surface area contributed by atoms with Gasteiger partial charge >= 0.3 is 5.97 Å². The van der Waals surface area contributed by atoms with Gasteiger partial charge in [-0.3, -0.25) is 4.79 Å². The molecule has 1 aromatic heterocycles. The quantitative estimate of drug-likeness (QED) is 0.695. The van der Waals surface area contributed by atoms with Crippen molar-refractivity contribution in [2.24, 2.45) is 0 Å². The highest BCUT2D eigenvalue weighted by atomic mass is 32.2. The summed E-state index contributed by atoms with van der Waals surface area (Å²) in [4.78, 5) is 30.6. The molecule has 3 heterocycles. The number of esters is 1. The number of nitrogens with zero attached hydrogens (tertiary/aromatic N) is 3. The maximum absolute atomic E-state index is 12.4. The third kappa shape index (κ3) is 3.77. The normalized spacial score (nSPS) is 21.2. The molecule has 1 fully saturated rings. The molecule has 0 bridgehead atoms. The van der Waals surface area contributed by atoms with Crippen molar-refractivity contribution in [3.63, 3.8) is 0 Å². The van der Waals surface area contributed by atoms with E-state index in [0.717, 1.165) is 37.3 Å². The molecular weight excluding hydrogens is 358 g/mol. The summed E-state index contributed by atoms with van der Waals surface area (Å²) in [6.45, 7) is 4.49. The number of aryl methyl sites for hydroxylation is 1. The van der Waals surface area contributed by atoms with Gasteiger partial charge in [-0.2, -0.15) is 0 Å². The van der Waals surface area contributed by atoms with E-state index in [4.69, 9.17) is 4.74 Å². The second-order valence-electron chi connectivity index (χ2n) is 6.88. The molecule has 144 valence electrons. The zero-order chi connectivity index (χ0) is 18.9. The van der Waals surface area contributed by atoms with E-state index in [1.54, 1.807) is 6.92 Å². The second kappa shape index (κ2) is 7.38. The predicted molar refractivity (Wildman–Crippen MR) is 94.6 cm³/mol. The maximum Gasteiger partial charge on any atom is 0.359 e. The van der Waals surface area contributed by atoms with Crippen LogP contribution in [0.3, 0.4) is 0 Å². The number of fused-ring (bicyclic) bond motifs is 1. The number of amides is 1. The molecule has 8 nitrogen and oxygen atoms in total. The summed E-state index contributed by atoms with van der Waals surface area (Å²) >= 11 is 0. The molecule has 0 saturated carbocycles. The maximum atomic E-state index is 12.4. The molecule has 2 aliphatic heterocycles. The van der Waals surface area contributed by atoms with Crippen LogP contribution in [0.4, 0.5) is 0 Å². The van der Waals surface area contributed by atoms with Crippen LogP contribution in [-0.4, -0.2) is 65.4 Å².